The van der Waals surface area contributed by atoms with Crippen LogP contribution in [0, 0.1) is 0 Å². The second kappa shape index (κ2) is 11.4. The minimum atomic E-state index is -0.635. The summed E-state index contributed by atoms with van der Waals surface area (Å²) >= 11 is 0. The van der Waals surface area contributed by atoms with Gasteiger partial charge in [-0.3, -0.25) is 4.79 Å². The highest BCUT2D eigenvalue weighted by Gasteiger charge is 2.36. The van der Waals surface area contributed by atoms with Crippen LogP contribution in [0.1, 0.15) is 61.8 Å². The quantitative estimate of drug-likeness (QED) is 0.146. The molecule has 43 heavy (non-hydrogen) atoms. The summed E-state index contributed by atoms with van der Waals surface area (Å²) in [4.78, 5) is 13.6. The maximum absolute atomic E-state index is 13.6. The van der Waals surface area contributed by atoms with Crippen LogP contribution in [0.4, 0.5) is 0 Å². The van der Waals surface area contributed by atoms with E-state index < -0.39 is 11.9 Å². The van der Waals surface area contributed by atoms with Crippen molar-refractivity contribution in [1.82, 2.24) is 0 Å². The Bertz CT molecular complexity index is 1830. The second-order valence-corrected chi connectivity index (χ2v) is 10.8. The summed E-state index contributed by atoms with van der Waals surface area (Å²) in [5.74, 6) is -0.834. The van der Waals surface area contributed by atoms with Gasteiger partial charge in [-0.25, -0.2) is 0 Å². The normalized spacial score (nSPS) is 14.2. The topological polar surface area (TPSA) is 127 Å². The lowest BCUT2D eigenvalue weighted by Gasteiger charge is -2.30. The van der Waals surface area contributed by atoms with Gasteiger partial charge in [0.2, 0.25) is 0 Å². The molecule has 0 aromatic heterocycles. The molecule has 216 valence electrons. The molecule has 1 unspecified atom stereocenters. The summed E-state index contributed by atoms with van der Waals surface area (Å²) < 4.78 is 6.36. The van der Waals surface area contributed by atoms with Crippen LogP contribution in [0.3, 0.4) is 0 Å². The number of rotatable bonds is 7. The molecule has 0 saturated heterocycles. The zero-order valence-electron chi connectivity index (χ0n) is 23.2. The number of hydrogen-bond donors (Lipinski definition) is 5. The third-order valence-electron chi connectivity index (χ3n) is 7.93. The molecule has 7 heteroatoms. The van der Waals surface area contributed by atoms with E-state index in [1.54, 1.807) is 48.5 Å². The molecule has 0 radical (unpaired) electrons. The van der Waals surface area contributed by atoms with Gasteiger partial charge in [0.15, 0.2) is 5.78 Å². The summed E-state index contributed by atoms with van der Waals surface area (Å²) in [7, 11) is 0. The Balaban J connectivity index is 1.47. The van der Waals surface area contributed by atoms with E-state index >= 15 is 0 Å². The number of phenolic OH excluding ortho intramolecular Hbond substituents is 5. The molecule has 5 aromatic rings. The van der Waals surface area contributed by atoms with Crippen molar-refractivity contribution in [2.45, 2.75) is 31.8 Å². The molecule has 1 atom stereocenters. The highest BCUT2D eigenvalue weighted by Crippen LogP contribution is 2.50. The van der Waals surface area contributed by atoms with Crippen LogP contribution in [0.5, 0.6) is 34.5 Å². The number of benzene rings is 5. The minimum absolute atomic E-state index is 0.00782. The summed E-state index contributed by atoms with van der Waals surface area (Å²) in [5.41, 5.74) is 3.51. The van der Waals surface area contributed by atoms with Gasteiger partial charge in [0.25, 0.3) is 0 Å². The molecule has 5 N–H and O–H groups in total. The lowest BCUT2D eigenvalue weighted by Crippen LogP contribution is -2.22. The van der Waals surface area contributed by atoms with Gasteiger partial charge in [-0.15, -0.1) is 0 Å². The fourth-order valence-corrected chi connectivity index (χ4v) is 5.65. The number of ketones is 1. The lowest BCUT2D eigenvalue weighted by molar-refractivity contribution is 0.0842. The van der Waals surface area contributed by atoms with Gasteiger partial charge in [-0.2, -0.15) is 0 Å². The van der Waals surface area contributed by atoms with Gasteiger partial charge < -0.3 is 30.3 Å². The fraction of sp³-hybridized carbons (Fsp3) is 0.139. The van der Waals surface area contributed by atoms with Crippen LogP contribution in [0.25, 0.3) is 0 Å². The van der Waals surface area contributed by atoms with Crippen LogP contribution < -0.4 is 4.74 Å². The molecule has 0 aliphatic carbocycles. The average molecular weight is 575 g/mol. The Labute approximate surface area is 248 Å². The molecule has 0 amide bonds. The molecule has 5 aromatic carbocycles. The van der Waals surface area contributed by atoms with Gasteiger partial charge in [0.05, 0.1) is 6.42 Å². The van der Waals surface area contributed by atoms with Crippen molar-refractivity contribution in [2.75, 3.05) is 0 Å². The van der Waals surface area contributed by atoms with Gasteiger partial charge in [0.1, 0.15) is 46.2 Å². The van der Waals surface area contributed by atoms with E-state index in [1.165, 1.54) is 6.07 Å². The van der Waals surface area contributed by atoms with Crippen molar-refractivity contribution in [1.29, 1.82) is 0 Å². The van der Waals surface area contributed by atoms with E-state index in [4.69, 9.17) is 4.74 Å². The van der Waals surface area contributed by atoms with Gasteiger partial charge in [-0.1, -0.05) is 78.9 Å². The van der Waals surface area contributed by atoms with Crippen molar-refractivity contribution in [3.05, 3.63) is 142 Å². The summed E-state index contributed by atoms with van der Waals surface area (Å²) in [6, 6.07) is 27.9. The second-order valence-electron chi connectivity index (χ2n) is 10.8. The summed E-state index contributed by atoms with van der Waals surface area (Å²) in [6.45, 7) is 0. The first-order valence-corrected chi connectivity index (χ1v) is 14.0. The molecule has 0 spiro atoms. The van der Waals surface area contributed by atoms with Crippen molar-refractivity contribution in [3.63, 3.8) is 0 Å². The number of carbonyl (C=O) groups is 1. The third-order valence-corrected chi connectivity index (χ3v) is 7.93. The molecule has 0 fully saturated rings. The molecule has 1 aliphatic heterocycles. The predicted octanol–water partition coefficient (Wildman–Crippen LogP) is 6.69. The van der Waals surface area contributed by atoms with Crippen LogP contribution in [-0.2, 0) is 19.3 Å². The van der Waals surface area contributed by atoms with E-state index in [-0.39, 0.29) is 70.5 Å². The Morgan fingerprint density at radius 1 is 0.605 bits per heavy atom. The van der Waals surface area contributed by atoms with Gasteiger partial charge in [-0.05, 0) is 46.0 Å². The highest BCUT2D eigenvalue weighted by atomic mass is 16.5. The summed E-state index contributed by atoms with van der Waals surface area (Å²) in [6.07, 6.45) is -0.296. The molecule has 1 aliphatic rings. The number of aromatic hydroxyl groups is 5. The Kier molecular flexibility index (Phi) is 7.38. The zero-order chi connectivity index (χ0) is 30.1. The molecule has 6 rings (SSSR count). The first-order chi connectivity index (χ1) is 20.8. The fourth-order valence-electron chi connectivity index (χ4n) is 5.65. The zero-order valence-corrected chi connectivity index (χ0v) is 23.2. The Morgan fingerprint density at radius 3 is 1.86 bits per heavy atom. The SMILES string of the molecule is O=C1CC(c2ccccc2)Oc2c(Cc3cc(Cc4ccccc4O)ccc3O)c(O)c(Cc3ccccc3O)c(O)c21. The van der Waals surface area contributed by atoms with Gasteiger partial charge >= 0.3 is 0 Å². The first-order valence-electron chi connectivity index (χ1n) is 14.0. The van der Waals surface area contributed by atoms with E-state index in [0.717, 1.165) is 11.1 Å². The standard InChI is InChI=1S/C36H30O7/c37-28-12-6-4-10-23(28)16-21-14-15-30(39)25(17-21)19-27-34(41)26(18-24-11-5-7-13-29(24)38)35(42)33-31(40)20-32(43-36(27)33)22-8-2-1-3-9-22/h1-15,17,32,37-39,41-42H,16,18-20H2. The first kappa shape index (κ1) is 27.7. The number of fused-ring (bicyclic) bond motifs is 1. The molecular formula is C36H30O7. The Hall–Kier alpha value is -5.43. The summed E-state index contributed by atoms with van der Waals surface area (Å²) in [5, 5.41) is 54.6. The van der Waals surface area contributed by atoms with E-state index in [2.05, 4.69) is 0 Å². The molecule has 0 saturated carbocycles. The molecule has 7 nitrogen and oxygen atoms in total. The predicted molar refractivity (Wildman–Crippen MR) is 161 cm³/mol. The maximum atomic E-state index is 13.6. The average Bonchev–Trinajstić information content (AvgIpc) is 3.01. The smallest absolute Gasteiger partial charge is 0.174 e. The number of ether oxygens (including phenoxy) is 1. The molecular weight excluding hydrogens is 544 g/mol. The number of para-hydroxylation sites is 2. The van der Waals surface area contributed by atoms with Crippen LogP contribution in [-0.4, -0.2) is 31.3 Å². The van der Waals surface area contributed by atoms with Crippen molar-refractivity contribution >= 4 is 5.78 Å². The van der Waals surface area contributed by atoms with Crippen molar-refractivity contribution in [3.8, 4) is 34.5 Å². The van der Waals surface area contributed by atoms with Crippen LogP contribution in [0.2, 0.25) is 0 Å². The highest BCUT2D eigenvalue weighted by molar-refractivity contribution is 6.04. The number of phenols is 5. The van der Waals surface area contributed by atoms with Crippen molar-refractivity contribution < 1.29 is 35.1 Å². The number of hydrogen-bond acceptors (Lipinski definition) is 7. The van der Waals surface area contributed by atoms with Crippen LogP contribution in [0.15, 0.2) is 97.1 Å². The largest absolute Gasteiger partial charge is 0.508 e. The monoisotopic (exact) mass is 574 g/mol. The lowest BCUT2D eigenvalue weighted by atomic mass is 9.87. The maximum Gasteiger partial charge on any atom is 0.174 e. The third kappa shape index (κ3) is 5.45. The Morgan fingerprint density at radius 2 is 1.19 bits per heavy atom. The van der Waals surface area contributed by atoms with E-state index in [9.17, 15) is 30.3 Å². The van der Waals surface area contributed by atoms with E-state index in [0.29, 0.717) is 23.1 Å². The number of Topliss-reactive ketones (excluding diaryl/α,β-unsaturated/α-hetero) is 1. The van der Waals surface area contributed by atoms with Crippen LogP contribution >= 0.6 is 0 Å². The minimum Gasteiger partial charge on any atom is -0.508 e. The van der Waals surface area contributed by atoms with Crippen molar-refractivity contribution in [2.24, 2.45) is 0 Å². The molecule has 1 heterocycles. The van der Waals surface area contributed by atoms with E-state index in [1.807, 2.05) is 42.5 Å². The van der Waals surface area contributed by atoms with Gasteiger partial charge in [0, 0.05) is 30.4 Å². The number of carbonyl (C=O) groups excluding carboxylic acids is 1. The molecule has 0 bridgehead atoms.